The number of rotatable bonds is 8. The van der Waals surface area contributed by atoms with Crippen molar-refractivity contribution in [1.29, 1.82) is 0 Å². The standard InChI is InChI=1S/C22H28N2O6S/c1-28-17-7-9-18(10-8-17)31(26,27)24-13-11-16(12-14-24)22(25)23-15-19-20(29-2)5-4-6-21(19)30-3/h4-10,16H,11-15H2,1-3H3,(H,23,25). The fourth-order valence-electron chi connectivity index (χ4n) is 3.68. The van der Waals surface area contributed by atoms with Crippen molar-refractivity contribution in [3.8, 4) is 17.2 Å². The van der Waals surface area contributed by atoms with Crippen LogP contribution >= 0.6 is 0 Å². The summed E-state index contributed by atoms with van der Waals surface area (Å²) in [5.41, 5.74) is 0.764. The van der Waals surface area contributed by atoms with Crippen molar-refractivity contribution in [1.82, 2.24) is 9.62 Å². The summed E-state index contributed by atoms with van der Waals surface area (Å²) in [6.45, 7) is 0.866. The summed E-state index contributed by atoms with van der Waals surface area (Å²) < 4.78 is 43.0. The van der Waals surface area contributed by atoms with Gasteiger partial charge in [0.1, 0.15) is 17.2 Å². The van der Waals surface area contributed by atoms with Gasteiger partial charge in [0.05, 0.1) is 38.3 Å². The van der Waals surface area contributed by atoms with Gasteiger partial charge >= 0.3 is 0 Å². The van der Waals surface area contributed by atoms with Crippen molar-refractivity contribution >= 4 is 15.9 Å². The first-order valence-corrected chi connectivity index (χ1v) is 11.5. The molecule has 9 heteroatoms. The second kappa shape index (κ2) is 10.0. The Bertz CT molecular complexity index is 977. The highest BCUT2D eigenvalue weighted by Gasteiger charge is 2.32. The van der Waals surface area contributed by atoms with E-state index in [1.54, 1.807) is 26.4 Å². The number of carbonyl (C=O) groups is 1. The molecule has 0 spiro atoms. The lowest BCUT2D eigenvalue weighted by Gasteiger charge is -2.30. The molecule has 168 valence electrons. The molecule has 2 aromatic carbocycles. The SMILES string of the molecule is COc1ccc(S(=O)(=O)N2CCC(C(=O)NCc3c(OC)cccc3OC)CC2)cc1. The molecule has 1 saturated heterocycles. The number of sulfonamides is 1. The maximum atomic E-state index is 12.9. The van der Waals surface area contributed by atoms with Crippen molar-refractivity contribution in [2.75, 3.05) is 34.4 Å². The average molecular weight is 449 g/mol. The summed E-state index contributed by atoms with van der Waals surface area (Å²) in [5.74, 6) is 1.53. The first kappa shape index (κ1) is 22.9. The second-order valence-electron chi connectivity index (χ2n) is 7.21. The maximum absolute atomic E-state index is 12.9. The highest BCUT2D eigenvalue weighted by Crippen LogP contribution is 2.29. The molecule has 3 rings (SSSR count). The van der Waals surface area contributed by atoms with Crippen LogP contribution in [-0.4, -0.2) is 53.0 Å². The Balaban J connectivity index is 1.59. The molecule has 1 aliphatic rings. The second-order valence-corrected chi connectivity index (χ2v) is 9.15. The summed E-state index contributed by atoms with van der Waals surface area (Å²) >= 11 is 0. The van der Waals surface area contributed by atoms with Gasteiger partial charge in [-0.15, -0.1) is 0 Å². The van der Waals surface area contributed by atoms with E-state index in [-0.39, 0.29) is 23.3 Å². The number of methoxy groups -OCH3 is 3. The Kier molecular flexibility index (Phi) is 7.40. The van der Waals surface area contributed by atoms with Crippen molar-refractivity contribution < 1.29 is 27.4 Å². The third kappa shape index (κ3) is 5.11. The molecule has 1 heterocycles. The van der Waals surface area contributed by atoms with Gasteiger partial charge in [-0.3, -0.25) is 4.79 Å². The first-order valence-electron chi connectivity index (χ1n) is 10.0. The third-order valence-electron chi connectivity index (χ3n) is 5.49. The summed E-state index contributed by atoms with van der Waals surface area (Å²) in [7, 11) is 1.07. The smallest absolute Gasteiger partial charge is 0.243 e. The Hall–Kier alpha value is -2.78. The number of benzene rings is 2. The van der Waals surface area contributed by atoms with E-state index in [4.69, 9.17) is 14.2 Å². The van der Waals surface area contributed by atoms with Crippen LogP contribution in [0, 0.1) is 5.92 Å². The zero-order chi connectivity index (χ0) is 22.4. The van der Waals surface area contributed by atoms with Gasteiger partial charge in [-0.05, 0) is 49.2 Å². The van der Waals surface area contributed by atoms with E-state index in [0.717, 1.165) is 5.56 Å². The van der Waals surface area contributed by atoms with Crippen LogP contribution in [0.3, 0.4) is 0 Å². The molecule has 1 fully saturated rings. The first-order chi connectivity index (χ1) is 14.9. The quantitative estimate of drug-likeness (QED) is 0.667. The highest BCUT2D eigenvalue weighted by atomic mass is 32.2. The number of hydrogen-bond acceptors (Lipinski definition) is 6. The molecule has 8 nitrogen and oxygen atoms in total. The van der Waals surface area contributed by atoms with Gasteiger partial charge in [0.25, 0.3) is 0 Å². The molecule has 0 radical (unpaired) electrons. The van der Waals surface area contributed by atoms with Gasteiger partial charge in [-0.25, -0.2) is 8.42 Å². The van der Waals surface area contributed by atoms with Gasteiger partial charge in [0.15, 0.2) is 0 Å². The summed E-state index contributed by atoms with van der Waals surface area (Å²) in [6.07, 6.45) is 0.925. The van der Waals surface area contributed by atoms with E-state index in [2.05, 4.69) is 5.32 Å². The van der Waals surface area contributed by atoms with Crippen LogP contribution in [0.1, 0.15) is 18.4 Å². The van der Waals surface area contributed by atoms with Crippen molar-refractivity contribution in [2.24, 2.45) is 5.92 Å². The molecule has 1 amide bonds. The van der Waals surface area contributed by atoms with Gasteiger partial charge in [-0.1, -0.05) is 6.07 Å². The van der Waals surface area contributed by atoms with Crippen molar-refractivity contribution in [2.45, 2.75) is 24.3 Å². The van der Waals surface area contributed by atoms with Gasteiger partial charge in [-0.2, -0.15) is 4.31 Å². The van der Waals surface area contributed by atoms with E-state index in [9.17, 15) is 13.2 Å². The summed E-state index contributed by atoms with van der Waals surface area (Å²) in [6, 6.07) is 11.8. The number of nitrogens with one attached hydrogen (secondary N) is 1. The lowest BCUT2D eigenvalue weighted by Crippen LogP contribution is -2.42. The van der Waals surface area contributed by atoms with Crippen LogP contribution in [0.2, 0.25) is 0 Å². The van der Waals surface area contributed by atoms with Crippen LogP contribution < -0.4 is 19.5 Å². The largest absolute Gasteiger partial charge is 0.497 e. The van der Waals surface area contributed by atoms with Crippen molar-refractivity contribution in [3.63, 3.8) is 0 Å². The van der Waals surface area contributed by atoms with E-state index >= 15 is 0 Å². The predicted octanol–water partition coefficient (Wildman–Crippen LogP) is 2.43. The van der Waals surface area contributed by atoms with Gasteiger partial charge < -0.3 is 19.5 Å². The molecule has 2 aromatic rings. The molecule has 1 aliphatic heterocycles. The zero-order valence-electron chi connectivity index (χ0n) is 18.0. The molecule has 0 aliphatic carbocycles. The van der Waals surface area contributed by atoms with E-state index in [1.165, 1.54) is 23.5 Å². The highest BCUT2D eigenvalue weighted by molar-refractivity contribution is 7.89. The Labute approximate surface area is 183 Å². The molecule has 0 atom stereocenters. The number of carbonyl (C=O) groups excluding carboxylic acids is 1. The van der Waals surface area contributed by atoms with Crippen LogP contribution in [0.4, 0.5) is 0 Å². The zero-order valence-corrected chi connectivity index (χ0v) is 18.8. The molecule has 1 N–H and O–H groups in total. The Morgan fingerprint density at radius 3 is 2.06 bits per heavy atom. The minimum absolute atomic E-state index is 0.102. The van der Waals surface area contributed by atoms with Crippen LogP contribution in [0.5, 0.6) is 17.2 Å². The third-order valence-corrected chi connectivity index (χ3v) is 7.40. The molecular weight excluding hydrogens is 420 g/mol. The van der Waals surface area contributed by atoms with E-state index in [0.29, 0.717) is 43.2 Å². The number of nitrogens with zero attached hydrogens (tertiary/aromatic N) is 1. The minimum atomic E-state index is -3.60. The van der Waals surface area contributed by atoms with Crippen LogP contribution in [0.25, 0.3) is 0 Å². The Morgan fingerprint density at radius 2 is 1.55 bits per heavy atom. The Morgan fingerprint density at radius 1 is 0.968 bits per heavy atom. The van der Waals surface area contributed by atoms with E-state index in [1.807, 2.05) is 18.2 Å². The lowest BCUT2D eigenvalue weighted by molar-refractivity contribution is -0.126. The average Bonchev–Trinajstić information content (AvgIpc) is 2.82. The summed E-state index contributed by atoms with van der Waals surface area (Å²) in [4.78, 5) is 12.9. The predicted molar refractivity (Wildman–Crippen MR) is 116 cm³/mol. The van der Waals surface area contributed by atoms with Gasteiger partial charge in [0.2, 0.25) is 15.9 Å². The maximum Gasteiger partial charge on any atom is 0.243 e. The minimum Gasteiger partial charge on any atom is -0.497 e. The molecule has 31 heavy (non-hydrogen) atoms. The van der Waals surface area contributed by atoms with Gasteiger partial charge in [0, 0.05) is 19.0 Å². The van der Waals surface area contributed by atoms with Crippen LogP contribution in [-0.2, 0) is 21.4 Å². The van der Waals surface area contributed by atoms with E-state index < -0.39 is 10.0 Å². The topological polar surface area (TPSA) is 94.2 Å². The fraction of sp³-hybridized carbons (Fsp3) is 0.409. The number of amides is 1. The molecule has 0 aromatic heterocycles. The van der Waals surface area contributed by atoms with Crippen molar-refractivity contribution in [3.05, 3.63) is 48.0 Å². The fourth-order valence-corrected chi connectivity index (χ4v) is 5.15. The number of hydrogen-bond donors (Lipinski definition) is 1. The number of piperidine rings is 1. The summed E-state index contributed by atoms with van der Waals surface area (Å²) in [5, 5.41) is 2.94. The molecular formula is C22H28N2O6S. The lowest BCUT2D eigenvalue weighted by atomic mass is 9.97. The molecule has 0 unspecified atom stereocenters. The number of ether oxygens (including phenoxy) is 3. The monoisotopic (exact) mass is 448 g/mol. The normalized spacial score (nSPS) is 15.3. The molecule has 0 bridgehead atoms. The van der Waals surface area contributed by atoms with Crippen LogP contribution in [0.15, 0.2) is 47.4 Å². The molecule has 0 saturated carbocycles.